The molecule has 6 aromatic carbocycles. The fourth-order valence-corrected chi connectivity index (χ4v) is 6.83. The summed E-state index contributed by atoms with van der Waals surface area (Å²) in [6.07, 6.45) is 4.64. The molecule has 4 nitrogen and oxygen atoms in total. The summed E-state index contributed by atoms with van der Waals surface area (Å²) in [5.74, 6) is 0.812. The van der Waals surface area contributed by atoms with Crippen molar-refractivity contribution in [3.05, 3.63) is 187 Å². The Balaban J connectivity index is 0.000000254. The Morgan fingerprint density at radius 2 is 1.38 bits per heavy atom. The van der Waals surface area contributed by atoms with Crippen LogP contribution in [0.2, 0.25) is 0 Å². The van der Waals surface area contributed by atoms with Gasteiger partial charge in [0.05, 0.1) is 22.5 Å². The average Bonchev–Trinajstić information content (AvgIpc) is 3.82. The second-order valence-corrected chi connectivity index (χ2v) is 14.4. The summed E-state index contributed by atoms with van der Waals surface area (Å²) in [5.41, 5.74) is 13.6. The Labute approximate surface area is 341 Å². The Morgan fingerprint density at radius 1 is 0.709 bits per heavy atom. The third-order valence-electron chi connectivity index (χ3n) is 9.56. The van der Waals surface area contributed by atoms with Crippen molar-refractivity contribution in [3.63, 3.8) is 0 Å². The first kappa shape index (κ1) is 33.7. The zero-order valence-corrected chi connectivity index (χ0v) is 33.5. The largest absolute Gasteiger partial charge is 0.557 e. The van der Waals surface area contributed by atoms with E-state index in [1.807, 2.05) is 24.3 Å². The number of hydrogen-bond acceptors (Lipinski definition) is 3. The molecule has 0 spiro atoms. The molecule has 0 saturated carbocycles. The van der Waals surface area contributed by atoms with Gasteiger partial charge in [-0.15, -0.1) is 42.0 Å². The van der Waals surface area contributed by atoms with Crippen molar-refractivity contribution in [2.45, 2.75) is 40.0 Å². The van der Waals surface area contributed by atoms with E-state index in [0.717, 1.165) is 72.6 Å². The van der Waals surface area contributed by atoms with Gasteiger partial charge in [-0.1, -0.05) is 129 Å². The van der Waals surface area contributed by atoms with E-state index in [1.165, 1.54) is 17.3 Å². The molecule has 3 aromatic heterocycles. The van der Waals surface area contributed by atoms with Gasteiger partial charge in [-0.3, -0.25) is 4.98 Å². The zero-order chi connectivity index (χ0) is 39.7. The topological polar surface area (TPSA) is 43.9 Å². The standard InChI is InChI=1S/C38H31N2O.C12H10N.Ir/c1-25-21-30(26-13-7-5-8-14-26)36(31(22-25)27-15-9-6-10-16-27)40-34-18-12-11-17-33(34)39-37(40)32-24-41-35-23-28(38(2,3)4)19-20-29(32)35;1-10-7-8-12(13-9-10)11-5-3-2-4-6-11;/h5-23H,1-4H3;2-5,7-9H,1H3;/q2*-1;/i;1D3;. The number of furan rings is 1. The molecule has 1 radical (unpaired) electrons. The van der Waals surface area contributed by atoms with E-state index < -0.39 is 6.85 Å². The maximum Gasteiger partial charge on any atom is 0.0774 e. The van der Waals surface area contributed by atoms with Gasteiger partial charge in [0, 0.05) is 53.4 Å². The number of imidazole rings is 1. The summed E-state index contributed by atoms with van der Waals surface area (Å²) in [4.78, 5) is 9.34. The van der Waals surface area contributed by atoms with E-state index in [0.29, 0.717) is 0 Å². The van der Waals surface area contributed by atoms with Crippen LogP contribution in [0.25, 0.3) is 72.6 Å². The van der Waals surface area contributed by atoms with Crippen molar-refractivity contribution in [3.8, 4) is 50.6 Å². The maximum absolute atomic E-state index is 7.23. The maximum atomic E-state index is 7.23. The number of aromatic nitrogens is 3. The van der Waals surface area contributed by atoms with Crippen molar-refractivity contribution < 1.29 is 28.6 Å². The molecule has 0 unspecified atom stereocenters. The van der Waals surface area contributed by atoms with Crippen molar-refractivity contribution in [2.24, 2.45) is 0 Å². The Hall–Kier alpha value is -5.87. The molecular weight excluding hydrogens is 851 g/mol. The van der Waals surface area contributed by atoms with Gasteiger partial charge in [-0.2, -0.15) is 0 Å². The molecular formula is C50H41IrN3O-2. The number of rotatable bonds is 5. The number of para-hydroxylation sites is 2. The summed E-state index contributed by atoms with van der Waals surface area (Å²) in [6, 6.07) is 54.4. The minimum atomic E-state index is -2.09. The number of hydrogen-bond donors (Lipinski definition) is 0. The van der Waals surface area contributed by atoms with Crippen LogP contribution in [0, 0.1) is 26.1 Å². The third kappa shape index (κ3) is 7.73. The summed E-state index contributed by atoms with van der Waals surface area (Å²) >= 11 is 0. The van der Waals surface area contributed by atoms with Crippen LogP contribution in [0.15, 0.2) is 162 Å². The Kier molecular flexibility index (Phi) is 9.71. The molecule has 0 aliphatic rings. The normalized spacial score (nSPS) is 12.3. The second-order valence-electron chi connectivity index (χ2n) is 14.4. The van der Waals surface area contributed by atoms with Crippen molar-refractivity contribution in [1.29, 1.82) is 0 Å². The van der Waals surface area contributed by atoms with Crippen LogP contribution in [0.1, 0.15) is 41.6 Å². The molecule has 273 valence electrons. The Bertz CT molecular complexity index is 2750. The molecule has 0 fully saturated rings. The van der Waals surface area contributed by atoms with Crippen LogP contribution in [0.4, 0.5) is 0 Å². The van der Waals surface area contributed by atoms with Crippen LogP contribution in [0.5, 0.6) is 0 Å². The predicted octanol–water partition coefficient (Wildman–Crippen LogP) is 13.0. The van der Waals surface area contributed by atoms with E-state index >= 15 is 0 Å². The van der Waals surface area contributed by atoms with Gasteiger partial charge in [-0.05, 0) is 77.0 Å². The van der Waals surface area contributed by atoms with E-state index in [9.17, 15) is 0 Å². The minimum Gasteiger partial charge on any atom is -0.557 e. The molecule has 0 bridgehead atoms. The second kappa shape index (κ2) is 15.8. The first-order valence-electron chi connectivity index (χ1n) is 19.6. The number of fused-ring (bicyclic) bond motifs is 2. The first-order chi connectivity index (χ1) is 27.5. The molecule has 9 aromatic rings. The number of pyridine rings is 1. The molecule has 0 aliphatic heterocycles. The average molecular weight is 895 g/mol. The van der Waals surface area contributed by atoms with Gasteiger partial charge in [0.25, 0.3) is 0 Å². The van der Waals surface area contributed by atoms with Gasteiger partial charge >= 0.3 is 0 Å². The van der Waals surface area contributed by atoms with Gasteiger partial charge in [0.1, 0.15) is 0 Å². The van der Waals surface area contributed by atoms with E-state index in [2.05, 4.69) is 159 Å². The smallest absolute Gasteiger partial charge is 0.0774 e. The molecule has 5 heteroatoms. The summed E-state index contributed by atoms with van der Waals surface area (Å²) in [5, 5.41) is 1.00. The quantitative estimate of drug-likeness (QED) is 0.162. The molecule has 3 heterocycles. The van der Waals surface area contributed by atoms with Crippen LogP contribution < -0.4 is 0 Å². The van der Waals surface area contributed by atoms with E-state index in [1.54, 1.807) is 18.2 Å². The fourth-order valence-electron chi connectivity index (χ4n) is 6.83. The molecule has 0 atom stereocenters. The van der Waals surface area contributed by atoms with E-state index in [4.69, 9.17) is 13.5 Å². The number of benzene rings is 6. The van der Waals surface area contributed by atoms with Gasteiger partial charge in [-0.25, -0.2) is 0 Å². The summed E-state index contributed by atoms with van der Waals surface area (Å²) in [6.45, 7) is 6.73. The van der Waals surface area contributed by atoms with E-state index in [-0.39, 0.29) is 31.1 Å². The van der Waals surface area contributed by atoms with Crippen LogP contribution in [-0.2, 0) is 25.5 Å². The minimum absolute atomic E-state index is 0. The number of nitrogens with zero attached hydrogens (tertiary/aromatic N) is 3. The Morgan fingerprint density at radius 3 is 2.00 bits per heavy atom. The molecule has 0 amide bonds. The molecule has 9 rings (SSSR count). The van der Waals surface area contributed by atoms with Crippen LogP contribution in [0.3, 0.4) is 0 Å². The van der Waals surface area contributed by atoms with Gasteiger partial charge in [0.15, 0.2) is 0 Å². The van der Waals surface area contributed by atoms with Crippen molar-refractivity contribution in [2.75, 3.05) is 0 Å². The van der Waals surface area contributed by atoms with Crippen molar-refractivity contribution in [1.82, 2.24) is 14.5 Å². The van der Waals surface area contributed by atoms with Gasteiger partial charge < -0.3 is 14.0 Å². The zero-order valence-electron chi connectivity index (χ0n) is 34.1. The molecule has 55 heavy (non-hydrogen) atoms. The first-order valence-corrected chi connectivity index (χ1v) is 18.1. The fraction of sp³-hybridized carbons (Fsp3) is 0.120. The SMILES string of the molecule is Cc1cc(-c2ccccc2)c(-n2c(-c3[c-]oc4cc(C(C)(C)C)ccc34)nc3ccccc32)c(-c2ccccc2)c1.[2H]C([2H])([2H])c1ccc(-c2[c-]cccc2)nc1.[Ir]. The number of aryl methyl sites for hydroxylation is 2. The van der Waals surface area contributed by atoms with Crippen molar-refractivity contribution >= 4 is 22.0 Å². The summed E-state index contributed by atoms with van der Waals surface area (Å²) < 4.78 is 30.1. The van der Waals surface area contributed by atoms with Gasteiger partial charge in [0.2, 0.25) is 0 Å². The third-order valence-corrected chi connectivity index (χ3v) is 9.56. The van der Waals surface area contributed by atoms with Crippen LogP contribution in [-0.4, -0.2) is 14.5 Å². The monoisotopic (exact) mass is 895 g/mol. The summed E-state index contributed by atoms with van der Waals surface area (Å²) in [7, 11) is 0. The van der Waals surface area contributed by atoms with Crippen LogP contribution >= 0.6 is 0 Å². The molecule has 0 saturated heterocycles. The predicted molar refractivity (Wildman–Crippen MR) is 223 cm³/mol. The molecule has 0 aliphatic carbocycles. The molecule has 0 N–H and O–H groups in total.